The first kappa shape index (κ1) is 15.2. The van der Waals surface area contributed by atoms with E-state index in [1.807, 2.05) is 0 Å². The van der Waals surface area contributed by atoms with Gasteiger partial charge in [0.05, 0.1) is 9.83 Å². The summed E-state index contributed by atoms with van der Waals surface area (Å²) in [5.41, 5.74) is 4.02. The van der Waals surface area contributed by atoms with Crippen LogP contribution >= 0.6 is 43.2 Å². The van der Waals surface area contributed by atoms with Crippen molar-refractivity contribution < 1.29 is 0 Å². The van der Waals surface area contributed by atoms with Gasteiger partial charge in [-0.15, -0.1) is 11.3 Å². The quantitative estimate of drug-likeness (QED) is 0.702. The molecular formula is C15H17Br2NS. The van der Waals surface area contributed by atoms with Crippen molar-refractivity contribution in [3.05, 3.63) is 54.1 Å². The number of nitrogens with one attached hydrogen (secondary N) is 1. The van der Waals surface area contributed by atoms with E-state index in [-0.39, 0.29) is 6.04 Å². The molecular weight excluding hydrogens is 386 g/mol. The van der Waals surface area contributed by atoms with Crippen molar-refractivity contribution in [3.8, 4) is 0 Å². The van der Waals surface area contributed by atoms with E-state index >= 15 is 0 Å². The van der Waals surface area contributed by atoms with Crippen LogP contribution in [0.4, 0.5) is 0 Å². The molecule has 0 saturated heterocycles. The van der Waals surface area contributed by atoms with Gasteiger partial charge in [-0.1, -0.05) is 28.9 Å². The van der Waals surface area contributed by atoms with Gasteiger partial charge in [-0.05, 0) is 71.2 Å². The highest BCUT2D eigenvalue weighted by Crippen LogP contribution is 2.35. The average molecular weight is 403 g/mol. The van der Waals surface area contributed by atoms with Crippen LogP contribution in [0.5, 0.6) is 0 Å². The molecule has 0 aliphatic carbocycles. The zero-order chi connectivity index (χ0) is 14.0. The molecule has 1 N–H and O–H groups in total. The van der Waals surface area contributed by atoms with E-state index in [9.17, 15) is 0 Å². The fourth-order valence-electron chi connectivity index (χ4n) is 2.30. The van der Waals surface area contributed by atoms with Gasteiger partial charge in [0.1, 0.15) is 0 Å². The van der Waals surface area contributed by atoms with Crippen LogP contribution in [0, 0.1) is 13.8 Å². The first-order valence-electron chi connectivity index (χ1n) is 6.28. The summed E-state index contributed by atoms with van der Waals surface area (Å²) in [5, 5.41) is 3.60. The fourth-order valence-corrected chi connectivity index (χ4v) is 4.52. The molecule has 1 unspecified atom stereocenters. The minimum Gasteiger partial charge on any atom is -0.306 e. The second kappa shape index (κ2) is 6.53. The minimum atomic E-state index is 0.264. The Morgan fingerprint density at radius 1 is 1.16 bits per heavy atom. The van der Waals surface area contributed by atoms with Gasteiger partial charge < -0.3 is 5.32 Å². The van der Waals surface area contributed by atoms with Crippen molar-refractivity contribution in [2.24, 2.45) is 0 Å². The largest absolute Gasteiger partial charge is 0.306 e. The van der Waals surface area contributed by atoms with Gasteiger partial charge in [-0.2, -0.15) is 0 Å². The maximum atomic E-state index is 3.60. The Labute approximate surface area is 135 Å². The van der Waals surface area contributed by atoms with Crippen LogP contribution in [0.15, 0.2) is 32.5 Å². The molecule has 0 spiro atoms. The maximum absolute atomic E-state index is 3.60. The lowest BCUT2D eigenvalue weighted by atomic mass is 9.95. The van der Waals surface area contributed by atoms with E-state index in [0.717, 1.165) is 11.0 Å². The molecule has 1 heterocycles. The third kappa shape index (κ3) is 3.48. The van der Waals surface area contributed by atoms with Crippen LogP contribution in [-0.4, -0.2) is 6.54 Å². The molecule has 0 aliphatic rings. The minimum absolute atomic E-state index is 0.264. The fraction of sp³-hybridized carbons (Fsp3) is 0.333. The number of rotatable bonds is 4. The molecule has 0 fully saturated rings. The third-order valence-corrected chi connectivity index (χ3v) is 5.25. The monoisotopic (exact) mass is 401 g/mol. The number of aryl methyl sites for hydroxylation is 2. The SMILES string of the molecule is CCNC(c1ccc(Br)cc1C)c1cc(Br)sc1C. The first-order valence-corrected chi connectivity index (χ1v) is 8.68. The topological polar surface area (TPSA) is 12.0 Å². The lowest BCUT2D eigenvalue weighted by molar-refractivity contribution is 0.627. The predicted octanol–water partition coefficient (Wildman–Crippen LogP) is 5.59. The van der Waals surface area contributed by atoms with Crippen molar-refractivity contribution in [1.29, 1.82) is 0 Å². The molecule has 1 atom stereocenters. The summed E-state index contributed by atoms with van der Waals surface area (Å²) >= 11 is 8.92. The Morgan fingerprint density at radius 3 is 2.42 bits per heavy atom. The van der Waals surface area contributed by atoms with Gasteiger partial charge in [0.15, 0.2) is 0 Å². The number of hydrogen-bond donors (Lipinski definition) is 1. The second-order valence-corrected chi connectivity index (χ2v) is 8.10. The van der Waals surface area contributed by atoms with Crippen LogP contribution < -0.4 is 5.32 Å². The molecule has 0 amide bonds. The normalized spacial score (nSPS) is 12.7. The zero-order valence-electron chi connectivity index (χ0n) is 11.3. The van der Waals surface area contributed by atoms with E-state index in [0.29, 0.717) is 0 Å². The molecule has 4 heteroatoms. The highest BCUT2D eigenvalue weighted by atomic mass is 79.9. The summed E-state index contributed by atoms with van der Waals surface area (Å²) < 4.78 is 2.32. The Balaban J connectivity index is 2.48. The second-order valence-electron chi connectivity index (χ2n) is 4.55. The van der Waals surface area contributed by atoms with Gasteiger partial charge in [0.2, 0.25) is 0 Å². The summed E-state index contributed by atoms with van der Waals surface area (Å²) in [6.07, 6.45) is 0. The van der Waals surface area contributed by atoms with E-state index in [1.165, 1.54) is 25.4 Å². The Hall–Kier alpha value is -0.160. The molecule has 1 aromatic carbocycles. The predicted molar refractivity (Wildman–Crippen MR) is 91.2 cm³/mol. The van der Waals surface area contributed by atoms with Gasteiger partial charge in [-0.25, -0.2) is 0 Å². The van der Waals surface area contributed by atoms with Gasteiger partial charge >= 0.3 is 0 Å². The van der Waals surface area contributed by atoms with E-state index in [4.69, 9.17) is 0 Å². The smallest absolute Gasteiger partial charge is 0.0704 e. The van der Waals surface area contributed by atoms with Crippen LogP contribution in [0.3, 0.4) is 0 Å². The zero-order valence-corrected chi connectivity index (χ0v) is 15.2. The lowest BCUT2D eigenvalue weighted by Crippen LogP contribution is -2.22. The van der Waals surface area contributed by atoms with Crippen molar-refractivity contribution in [3.63, 3.8) is 0 Å². The molecule has 2 aromatic rings. The number of halogens is 2. The molecule has 2 rings (SSSR count). The molecule has 0 bridgehead atoms. The first-order chi connectivity index (χ1) is 9.02. The van der Waals surface area contributed by atoms with Gasteiger partial charge in [0.25, 0.3) is 0 Å². The Kier molecular flexibility index (Phi) is 5.23. The molecule has 1 nitrogen and oxygen atoms in total. The van der Waals surface area contributed by atoms with Gasteiger partial charge in [-0.3, -0.25) is 0 Å². The number of benzene rings is 1. The average Bonchev–Trinajstić information content (AvgIpc) is 2.66. The number of thiophene rings is 1. The molecule has 0 radical (unpaired) electrons. The van der Waals surface area contributed by atoms with Crippen LogP contribution in [-0.2, 0) is 0 Å². The molecule has 1 aromatic heterocycles. The summed E-state index contributed by atoms with van der Waals surface area (Å²) in [5.74, 6) is 0. The Bertz CT molecular complexity index is 578. The molecule has 102 valence electrons. The van der Waals surface area contributed by atoms with E-state index in [1.54, 1.807) is 11.3 Å². The third-order valence-electron chi connectivity index (χ3n) is 3.19. The molecule has 0 aliphatic heterocycles. The summed E-state index contributed by atoms with van der Waals surface area (Å²) in [4.78, 5) is 1.36. The number of hydrogen-bond acceptors (Lipinski definition) is 2. The van der Waals surface area contributed by atoms with E-state index < -0.39 is 0 Å². The summed E-state index contributed by atoms with van der Waals surface area (Å²) in [6, 6.07) is 8.99. The van der Waals surface area contributed by atoms with Crippen molar-refractivity contribution in [1.82, 2.24) is 5.32 Å². The van der Waals surface area contributed by atoms with Crippen molar-refractivity contribution >= 4 is 43.2 Å². The highest BCUT2D eigenvalue weighted by Gasteiger charge is 2.19. The highest BCUT2D eigenvalue weighted by molar-refractivity contribution is 9.11. The van der Waals surface area contributed by atoms with Crippen molar-refractivity contribution in [2.45, 2.75) is 26.8 Å². The van der Waals surface area contributed by atoms with Gasteiger partial charge in [0, 0.05) is 9.35 Å². The van der Waals surface area contributed by atoms with Crippen LogP contribution in [0.2, 0.25) is 0 Å². The van der Waals surface area contributed by atoms with Crippen LogP contribution in [0.25, 0.3) is 0 Å². The van der Waals surface area contributed by atoms with Crippen molar-refractivity contribution in [2.75, 3.05) is 6.54 Å². The Morgan fingerprint density at radius 2 is 1.89 bits per heavy atom. The summed E-state index contributed by atoms with van der Waals surface area (Å²) in [7, 11) is 0. The van der Waals surface area contributed by atoms with Crippen LogP contribution in [0.1, 0.15) is 34.5 Å². The van der Waals surface area contributed by atoms with E-state index in [2.05, 4.69) is 82.2 Å². The molecule has 0 saturated carbocycles. The lowest BCUT2D eigenvalue weighted by Gasteiger charge is -2.21. The molecule has 19 heavy (non-hydrogen) atoms. The summed E-state index contributed by atoms with van der Waals surface area (Å²) in [6.45, 7) is 7.45. The standard InChI is InChI=1S/C15H17Br2NS/c1-4-18-15(13-8-14(17)19-10(13)3)12-6-5-11(16)7-9(12)2/h5-8,15,18H,4H2,1-3H3. The maximum Gasteiger partial charge on any atom is 0.0704 e.